The van der Waals surface area contributed by atoms with Crippen molar-refractivity contribution in [2.24, 2.45) is 5.92 Å². The maximum absolute atomic E-state index is 6.05. The van der Waals surface area contributed by atoms with Crippen LogP contribution >= 0.6 is 11.6 Å². The van der Waals surface area contributed by atoms with E-state index < -0.39 is 0 Å². The van der Waals surface area contributed by atoms with Crippen LogP contribution in [-0.4, -0.2) is 7.05 Å². The van der Waals surface area contributed by atoms with Gasteiger partial charge in [0.2, 0.25) is 0 Å². The SMILES string of the molecule is CCCC(CCC)C(NC)c1cc2cc(Cl)ccc2o1. The van der Waals surface area contributed by atoms with E-state index in [1.54, 1.807) is 0 Å². The van der Waals surface area contributed by atoms with Crippen molar-refractivity contribution in [2.75, 3.05) is 7.05 Å². The third-order valence-electron chi connectivity index (χ3n) is 3.91. The molecule has 2 rings (SSSR count). The van der Waals surface area contributed by atoms with Gasteiger partial charge in [0.15, 0.2) is 0 Å². The summed E-state index contributed by atoms with van der Waals surface area (Å²) in [6, 6.07) is 8.19. The Balaban J connectivity index is 2.31. The molecule has 110 valence electrons. The fourth-order valence-electron chi connectivity index (χ4n) is 3.02. The highest BCUT2D eigenvalue weighted by atomic mass is 35.5. The molecule has 1 aromatic carbocycles. The van der Waals surface area contributed by atoms with Crippen LogP contribution in [0, 0.1) is 5.92 Å². The maximum atomic E-state index is 6.05. The molecule has 20 heavy (non-hydrogen) atoms. The van der Waals surface area contributed by atoms with E-state index >= 15 is 0 Å². The van der Waals surface area contributed by atoms with E-state index in [4.69, 9.17) is 16.0 Å². The zero-order chi connectivity index (χ0) is 14.5. The van der Waals surface area contributed by atoms with Gasteiger partial charge in [-0.25, -0.2) is 0 Å². The predicted octanol–water partition coefficient (Wildman–Crippen LogP) is 5.56. The number of hydrogen-bond donors (Lipinski definition) is 1. The molecular weight excluding hydrogens is 270 g/mol. The van der Waals surface area contributed by atoms with E-state index in [0.29, 0.717) is 5.92 Å². The molecule has 0 aliphatic carbocycles. The van der Waals surface area contributed by atoms with Gasteiger partial charge < -0.3 is 9.73 Å². The molecule has 1 unspecified atom stereocenters. The van der Waals surface area contributed by atoms with Crippen molar-refractivity contribution >= 4 is 22.6 Å². The van der Waals surface area contributed by atoms with Crippen LogP contribution in [0.1, 0.15) is 51.3 Å². The van der Waals surface area contributed by atoms with E-state index in [2.05, 4.69) is 25.2 Å². The van der Waals surface area contributed by atoms with Crippen LogP contribution in [0.5, 0.6) is 0 Å². The van der Waals surface area contributed by atoms with Crippen LogP contribution in [0.25, 0.3) is 11.0 Å². The molecule has 1 N–H and O–H groups in total. The second-order valence-corrected chi connectivity index (χ2v) is 5.87. The van der Waals surface area contributed by atoms with Crippen LogP contribution in [0.4, 0.5) is 0 Å². The second kappa shape index (κ2) is 7.14. The summed E-state index contributed by atoms with van der Waals surface area (Å²) in [6.07, 6.45) is 4.85. The zero-order valence-electron chi connectivity index (χ0n) is 12.6. The lowest BCUT2D eigenvalue weighted by molar-refractivity contribution is 0.294. The molecule has 0 aliphatic rings. The highest BCUT2D eigenvalue weighted by Gasteiger charge is 2.23. The molecule has 0 spiro atoms. The standard InChI is InChI=1S/C17H24ClNO/c1-4-6-12(7-5-2)17(19-3)16-11-13-10-14(18)8-9-15(13)20-16/h8-12,17,19H,4-7H2,1-3H3. The Morgan fingerprint density at radius 3 is 2.45 bits per heavy atom. The van der Waals surface area contributed by atoms with Crippen molar-refractivity contribution in [1.82, 2.24) is 5.32 Å². The Hall–Kier alpha value is -0.990. The van der Waals surface area contributed by atoms with Crippen molar-refractivity contribution in [3.63, 3.8) is 0 Å². The number of halogens is 1. The summed E-state index contributed by atoms with van der Waals surface area (Å²) in [4.78, 5) is 0. The minimum Gasteiger partial charge on any atom is -0.459 e. The Labute approximate surface area is 126 Å². The van der Waals surface area contributed by atoms with Crippen LogP contribution in [0.15, 0.2) is 28.7 Å². The molecule has 0 radical (unpaired) electrons. The van der Waals surface area contributed by atoms with Gasteiger partial charge in [-0.05, 0) is 50.1 Å². The molecule has 0 saturated heterocycles. The molecule has 0 aliphatic heterocycles. The highest BCUT2D eigenvalue weighted by molar-refractivity contribution is 6.31. The average Bonchev–Trinajstić information content (AvgIpc) is 2.82. The lowest BCUT2D eigenvalue weighted by Gasteiger charge is -2.24. The maximum Gasteiger partial charge on any atom is 0.134 e. The van der Waals surface area contributed by atoms with Gasteiger partial charge in [0.05, 0.1) is 6.04 Å². The number of hydrogen-bond acceptors (Lipinski definition) is 2. The summed E-state index contributed by atoms with van der Waals surface area (Å²) in [5.74, 6) is 1.64. The van der Waals surface area contributed by atoms with Crippen LogP contribution < -0.4 is 5.32 Å². The van der Waals surface area contributed by atoms with E-state index in [9.17, 15) is 0 Å². The van der Waals surface area contributed by atoms with Crippen molar-refractivity contribution in [3.8, 4) is 0 Å². The molecule has 0 fully saturated rings. The largest absolute Gasteiger partial charge is 0.459 e. The highest BCUT2D eigenvalue weighted by Crippen LogP contribution is 2.33. The smallest absolute Gasteiger partial charge is 0.134 e. The number of rotatable bonds is 7. The van der Waals surface area contributed by atoms with Gasteiger partial charge in [-0.1, -0.05) is 38.3 Å². The predicted molar refractivity (Wildman–Crippen MR) is 86.3 cm³/mol. The quantitative estimate of drug-likeness (QED) is 0.722. The average molecular weight is 294 g/mol. The molecule has 0 amide bonds. The summed E-state index contributed by atoms with van der Waals surface area (Å²) in [5, 5.41) is 5.27. The van der Waals surface area contributed by atoms with Gasteiger partial charge in [-0.2, -0.15) is 0 Å². The van der Waals surface area contributed by atoms with E-state index in [-0.39, 0.29) is 6.04 Å². The molecule has 3 heteroatoms. The summed E-state index contributed by atoms with van der Waals surface area (Å²) in [5.41, 5.74) is 0.913. The summed E-state index contributed by atoms with van der Waals surface area (Å²) < 4.78 is 6.03. The van der Waals surface area contributed by atoms with Gasteiger partial charge in [-0.3, -0.25) is 0 Å². The van der Waals surface area contributed by atoms with Crippen LogP contribution in [0.2, 0.25) is 5.02 Å². The number of benzene rings is 1. The Kier molecular flexibility index (Phi) is 5.50. The molecule has 1 heterocycles. The van der Waals surface area contributed by atoms with E-state index in [1.807, 2.05) is 25.2 Å². The molecule has 1 aromatic heterocycles. The van der Waals surface area contributed by atoms with Crippen molar-refractivity contribution < 1.29 is 4.42 Å². The van der Waals surface area contributed by atoms with Gasteiger partial charge in [0.1, 0.15) is 11.3 Å². The van der Waals surface area contributed by atoms with Gasteiger partial charge in [0, 0.05) is 10.4 Å². The van der Waals surface area contributed by atoms with Gasteiger partial charge in [0.25, 0.3) is 0 Å². The fraction of sp³-hybridized carbons (Fsp3) is 0.529. The minimum absolute atomic E-state index is 0.279. The summed E-state index contributed by atoms with van der Waals surface area (Å²) in [7, 11) is 2.02. The molecular formula is C17H24ClNO. The fourth-order valence-corrected chi connectivity index (χ4v) is 3.20. The lowest BCUT2D eigenvalue weighted by Crippen LogP contribution is -2.24. The molecule has 0 saturated carbocycles. The van der Waals surface area contributed by atoms with Crippen molar-refractivity contribution in [2.45, 2.75) is 45.6 Å². The van der Waals surface area contributed by atoms with E-state index in [0.717, 1.165) is 21.8 Å². The summed E-state index contributed by atoms with van der Waals surface area (Å²) >= 11 is 6.05. The first-order valence-corrected chi connectivity index (χ1v) is 7.93. The third-order valence-corrected chi connectivity index (χ3v) is 4.14. The Morgan fingerprint density at radius 1 is 1.15 bits per heavy atom. The minimum atomic E-state index is 0.279. The Bertz CT molecular complexity index is 543. The van der Waals surface area contributed by atoms with Gasteiger partial charge >= 0.3 is 0 Å². The number of nitrogens with one attached hydrogen (secondary N) is 1. The monoisotopic (exact) mass is 293 g/mol. The normalized spacial score (nSPS) is 13.2. The first-order chi connectivity index (χ1) is 9.69. The van der Waals surface area contributed by atoms with Gasteiger partial charge in [-0.15, -0.1) is 0 Å². The van der Waals surface area contributed by atoms with E-state index in [1.165, 1.54) is 25.7 Å². The topological polar surface area (TPSA) is 25.2 Å². The summed E-state index contributed by atoms with van der Waals surface area (Å²) in [6.45, 7) is 4.49. The molecule has 0 bridgehead atoms. The third kappa shape index (κ3) is 3.36. The molecule has 1 atom stereocenters. The number of fused-ring (bicyclic) bond motifs is 1. The zero-order valence-corrected chi connectivity index (χ0v) is 13.3. The van der Waals surface area contributed by atoms with Crippen LogP contribution in [0.3, 0.4) is 0 Å². The van der Waals surface area contributed by atoms with Crippen LogP contribution in [-0.2, 0) is 0 Å². The molecule has 2 nitrogen and oxygen atoms in total. The number of furan rings is 1. The van der Waals surface area contributed by atoms with Crippen molar-refractivity contribution in [1.29, 1.82) is 0 Å². The van der Waals surface area contributed by atoms with Crippen molar-refractivity contribution in [3.05, 3.63) is 35.0 Å². The Morgan fingerprint density at radius 2 is 1.85 bits per heavy atom. The second-order valence-electron chi connectivity index (χ2n) is 5.43. The first-order valence-electron chi connectivity index (χ1n) is 7.55. The lowest BCUT2D eigenvalue weighted by atomic mass is 9.89. The molecule has 2 aromatic rings. The first kappa shape index (κ1) is 15.4.